The molecule has 0 saturated carbocycles. The van der Waals surface area contributed by atoms with Crippen LogP contribution in [-0.2, 0) is 12.4 Å². The molecule has 0 amide bonds. The molecule has 0 N–H and O–H groups in total. The first-order valence-corrected chi connectivity index (χ1v) is 11.0. The summed E-state index contributed by atoms with van der Waals surface area (Å²) in [4.78, 5) is 0. The van der Waals surface area contributed by atoms with Gasteiger partial charge in [0.2, 0.25) is 0 Å². The highest BCUT2D eigenvalue weighted by Crippen LogP contribution is 2.38. The molecule has 1 heterocycles. The molecule has 8 heteroatoms. The third-order valence-electron chi connectivity index (χ3n) is 5.51. The maximum Gasteiger partial charge on any atom is 0.416 e. The third-order valence-corrected chi connectivity index (χ3v) is 5.51. The van der Waals surface area contributed by atoms with Gasteiger partial charge in [0.25, 0.3) is 0 Å². The summed E-state index contributed by atoms with van der Waals surface area (Å²) in [6.45, 7) is 5.85. The van der Waals surface area contributed by atoms with Gasteiger partial charge in [-0.2, -0.15) is 26.3 Å². The number of hydrogen-bond acceptors (Lipinski definition) is 0. The predicted octanol–water partition coefficient (Wildman–Crippen LogP) is 7.70. The third kappa shape index (κ3) is 5.97. The predicted molar refractivity (Wildman–Crippen MR) is 118 cm³/mol. The van der Waals surface area contributed by atoms with Crippen molar-refractivity contribution in [2.75, 3.05) is 13.1 Å². The van der Waals surface area contributed by atoms with E-state index in [-0.39, 0.29) is 11.8 Å². The first-order valence-electron chi connectivity index (χ1n) is 11.0. The maximum absolute atomic E-state index is 13.4. The molecule has 0 spiro atoms. The number of rotatable bonds is 8. The zero-order valence-corrected chi connectivity index (χ0v) is 18.6. The van der Waals surface area contributed by atoms with E-state index < -0.39 is 23.5 Å². The summed E-state index contributed by atoms with van der Waals surface area (Å²) in [5.74, 6) is 0. The summed E-state index contributed by atoms with van der Waals surface area (Å²) in [7, 11) is 0. The number of fused-ring (bicyclic) bond motifs is 1. The van der Waals surface area contributed by atoms with Gasteiger partial charge < -0.3 is 4.57 Å². The van der Waals surface area contributed by atoms with E-state index in [0.717, 1.165) is 61.9 Å². The van der Waals surface area contributed by atoms with E-state index >= 15 is 0 Å². The molecule has 33 heavy (non-hydrogen) atoms. The summed E-state index contributed by atoms with van der Waals surface area (Å²) in [6.07, 6.45) is -2.21. The van der Waals surface area contributed by atoms with Crippen molar-refractivity contribution in [3.8, 4) is 5.69 Å². The van der Waals surface area contributed by atoms with Gasteiger partial charge in [-0.15, -0.1) is 0 Å². The second-order valence-corrected chi connectivity index (χ2v) is 8.11. The first kappa shape index (κ1) is 24.9. The summed E-state index contributed by atoms with van der Waals surface area (Å²) >= 11 is 0. The number of benzene rings is 2. The molecule has 1 aromatic heterocycles. The van der Waals surface area contributed by atoms with Crippen LogP contribution in [0.5, 0.6) is 0 Å². The van der Waals surface area contributed by atoms with Crippen LogP contribution in [0.4, 0.5) is 26.3 Å². The van der Waals surface area contributed by atoms with Gasteiger partial charge in [0, 0.05) is 30.1 Å². The fourth-order valence-corrected chi connectivity index (χ4v) is 3.76. The Balaban J connectivity index is 2.20. The molecule has 2 nitrogen and oxygen atoms in total. The minimum atomic E-state index is -4.90. The Morgan fingerprint density at radius 3 is 1.88 bits per heavy atom. The van der Waals surface area contributed by atoms with Gasteiger partial charge in [0.05, 0.1) is 22.2 Å². The molecule has 3 rings (SSSR count). The van der Waals surface area contributed by atoms with Crippen LogP contribution in [0.25, 0.3) is 16.6 Å². The molecule has 0 unspecified atom stereocenters. The highest BCUT2D eigenvalue weighted by atomic mass is 19.4. The zero-order valence-electron chi connectivity index (χ0n) is 18.6. The Kier molecular flexibility index (Phi) is 7.55. The Hall–Kier alpha value is -2.77. The molecule has 0 aliphatic rings. The highest BCUT2D eigenvalue weighted by molar-refractivity contribution is 5.98. The van der Waals surface area contributed by atoms with Crippen molar-refractivity contribution < 1.29 is 30.9 Å². The summed E-state index contributed by atoms with van der Waals surface area (Å²) in [6, 6.07) is 8.72. The number of unbranched alkanes of at least 4 members (excludes halogenated alkanes) is 2. The number of halogens is 6. The number of para-hydroxylation sites is 1. The minimum absolute atomic E-state index is 0.152. The average Bonchev–Trinajstić information content (AvgIpc) is 3.12. The standard InChI is InChI=1S/C25H27F6N2/c1-3-5-11-32(12-6-4-2)16-18-17-33(23-10-8-7-9-22(18)23)21-14-19(24(26,27)28)13-20(15-21)25(29,30)31/h7-10,13-17H,3-6,11-12H2,1-2H3/q+1. The smallest absolute Gasteiger partial charge is 0.316 e. The number of aromatic nitrogens is 1. The largest absolute Gasteiger partial charge is 0.416 e. The Morgan fingerprint density at radius 1 is 0.818 bits per heavy atom. The van der Waals surface area contributed by atoms with Gasteiger partial charge in [-0.1, -0.05) is 44.9 Å². The van der Waals surface area contributed by atoms with Crippen molar-refractivity contribution in [1.82, 2.24) is 4.57 Å². The van der Waals surface area contributed by atoms with Crippen LogP contribution >= 0.6 is 0 Å². The van der Waals surface area contributed by atoms with Crippen molar-refractivity contribution >= 4 is 17.1 Å². The van der Waals surface area contributed by atoms with Crippen molar-refractivity contribution in [3.05, 3.63) is 65.4 Å². The lowest BCUT2D eigenvalue weighted by Gasteiger charge is -2.15. The van der Waals surface area contributed by atoms with E-state index in [9.17, 15) is 26.3 Å². The lowest BCUT2D eigenvalue weighted by molar-refractivity contribution is -0.524. The van der Waals surface area contributed by atoms with Crippen molar-refractivity contribution in [1.29, 1.82) is 0 Å². The summed E-state index contributed by atoms with van der Waals surface area (Å²) < 4.78 is 83.9. The van der Waals surface area contributed by atoms with Gasteiger partial charge in [0.15, 0.2) is 6.21 Å². The molecular formula is C25H27F6N2+. The quantitative estimate of drug-likeness (QED) is 0.181. The Bertz CT molecular complexity index is 1080. The van der Waals surface area contributed by atoms with E-state index in [1.54, 1.807) is 24.4 Å². The van der Waals surface area contributed by atoms with Crippen molar-refractivity contribution in [2.24, 2.45) is 0 Å². The van der Waals surface area contributed by atoms with Crippen LogP contribution in [0.2, 0.25) is 0 Å². The molecular weight excluding hydrogens is 442 g/mol. The van der Waals surface area contributed by atoms with E-state index in [4.69, 9.17) is 0 Å². The molecule has 0 aliphatic carbocycles. The maximum atomic E-state index is 13.4. The van der Waals surface area contributed by atoms with Gasteiger partial charge in [0.1, 0.15) is 13.1 Å². The molecule has 2 aromatic carbocycles. The molecule has 0 fully saturated rings. The van der Waals surface area contributed by atoms with Gasteiger partial charge in [-0.3, -0.25) is 0 Å². The SMILES string of the molecule is CCCC[N+](=Cc1cn(-c2cc(C(F)(F)F)cc(C(F)(F)F)c2)c2ccccc12)CCCC. The van der Waals surface area contributed by atoms with E-state index in [0.29, 0.717) is 5.52 Å². The average molecular weight is 469 g/mol. The fraction of sp³-hybridized carbons (Fsp3) is 0.400. The minimum Gasteiger partial charge on any atom is -0.316 e. The van der Waals surface area contributed by atoms with Gasteiger partial charge in [-0.05, 0) is 24.3 Å². The van der Waals surface area contributed by atoms with Crippen LogP contribution in [-0.4, -0.2) is 28.4 Å². The highest BCUT2D eigenvalue weighted by Gasteiger charge is 2.37. The molecule has 3 aromatic rings. The fourth-order valence-electron chi connectivity index (χ4n) is 3.76. The van der Waals surface area contributed by atoms with Gasteiger partial charge in [-0.25, -0.2) is 4.58 Å². The molecule has 0 aliphatic heterocycles. The monoisotopic (exact) mass is 469 g/mol. The number of alkyl halides is 6. The number of hydrogen-bond donors (Lipinski definition) is 0. The van der Waals surface area contributed by atoms with Crippen LogP contribution < -0.4 is 0 Å². The van der Waals surface area contributed by atoms with Crippen LogP contribution in [0, 0.1) is 0 Å². The first-order chi connectivity index (χ1) is 15.5. The Morgan fingerprint density at radius 2 is 1.36 bits per heavy atom. The summed E-state index contributed by atoms with van der Waals surface area (Å²) in [5, 5.41) is 0.765. The van der Waals surface area contributed by atoms with E-state index in [1.165, 1.54) is 4.57 Å². The lowest BCUT2D eigenvalue weighted by Crippen LogP contribution is -2.16. The van der Waals surface area contributed by atoms with Crippen molar-refractivity contribution in [3.63, 3.8) is 0 Å². The molecule has 0 atom stereocenters. The van der Waals surface area contributed by atoms with E-state index in [1.807, 2.05) is 12.3 Å². The van der Waals surface area contributed by atoms with Gasteiger partial charge >= 0.3 is 12.4 Å². The second-order valence-electron chi connectivity index (χ2n) is 8.11. The van der Waals surface area contributed by atoms with Crippen LogP contribution in [0.1, 0.15) is 56.2 Å². The molecule has 0 bridgehead atoms. The molecule has 0 radical (unpaired) electrons. The van der Waals surface area contributed by atoms with Crippen LogP contribution in [0.15, 0.2) is 48.7 Å². The summed E-state index contributed by atoms with van der Waals surface area (Å²) in [5.41, 5.74) is -1.54. The molecule has 0 saturated heterocycles. The lowest BCUT2D eigenvalue weighted by atomic mass is 10.1. The Labute approximate surface area is 189 Å². The number of nitrogens with zero attached hydrogens (tertiary/aromatic N) is 2. The molecule has 178 valence electrons. The van der Waals surface area contributed by atoms with Crippen LogP contribution in [0.3, 0.4) is 0 Å². The second kappa shape index (κ2) is 10.0. The van der Waals surface area contributed by atoms with Crippen molar-refractivity contribution in [2.45, 2.75) is 51.9 Å². The normalized spacial score (nSPS) is 12.4. The zero-order chi connectivity index (χ0) is 24.2. The van der Waals surface area contributed by atoms with E-state index in [2.05, 4.69) is 18.4 Å². The topological polar surface area (TPSA) is 7.94 Å².